The molecule has 0 amide bonds. The highest BCUT2D eigenvalue weighted by Crippen LogP contribution is 2.63. The van der Waals surface area contributed by atoms with Crippen LogP contribution < -0.4 is 0 Å². The van der Waals surface area contributed by atoms with Gasteiger partial charge in [-0.3, -0.25) is 0 Å². The fourth-order valence-corrected chi connectivity index (χ4v) is 28.5. The van der Waals surface area contributed by atoms with Crippen LogP contribution in [0.3, 0.4) is 0 Å². The third-order valence-electron chi connectivity index (χ3n) is 34.6. The van der Waals surface area contributed by atoms with Gasteiger partial charge in [0.2, 0.25) is 0 Å². The second-order valence-corrected chi connectivity index (χ2v) is 45.8. The van der Waals surface area contributed by atoms with Gasteiger partial charge in [-0.05, 0) is 304 Å². The smallest absolute Gasteiger partial charge is 0.0801 e. The molecule has 14 aliphatic rings. The first-order chi connectivity index (χ1) is 73.8. The molecule has 8 aromatic carbocycles. The van der Waals surface area contributed by atoms with Crippen LogP contribution in [0.15, 0.2) is 374 Å². The first-order valence-electron chi connectivity index (χ1n) is 58.2. The van der Waals surface area contributed by atoms with Gasteiger partial charge in [0.25, 0.3) is 0 Å². The quantitative estimate of drug-likeness (QED) is 0.0340. The maximum atomic E-state index is 5.58. The molecule has 0 unspecified atom stereocenters. The highest BCUT2D eigenvalue weighted by Gasteiger charge is 2.51. The Labute approximate surface area is 911 Å². The van der Waals surface area contributed by atoms with Crippen molar-refractivity contribution < 1.29 is 0 Å². The van der Waals surface area contributed by atoms with E-state index in [4.69, 9.17) is 39.9 Å². The first kappa shape index (κ1) is 104. The van der Waals surface area contributed by atoms with Crippen LogP contribution in [-0.2, 0) is 21.7 Å². The molecule has 0 aromatic heterocycles. The molecule has 16 bridgehead atoms. The van der Waals surface area contributed by atoms with E-state index in [1.165, 1.54) is 317 Å². The summed E-state index contributed by atoms with van der Waals surface area (Å²) in [6.07, 6.45) is 88.1. The number of halogens is 2. The van der Waals surface area contributed by atoms with E-state index in [1.807, 2.05) is 0 Å². The van der Waals surface area contributed by atoms with E-state index >= 15 is 0 Å². The highest BCUT2D eigenvalue weighted by molar-refractivity contribution is 9.12. The van der Waals surface area contributed by atoms with E-state index in [9.17, 15) is 0 Å². The molecule has 0 saturated heterocycles. The van der Waals surface area contributed by atoms with Gasteiger partial charge in [0.1, 0.15) is 0 Å². The summed E-state index contributed by atoms with van der Waals surface area (Å²) < 4.78 is 1.75. The molecule has 22 rings (SSSR count). The van der Waals surface area contributed by atoms with Crippen LogP contribution in [0.4, 0.5) is 0 Å². The fourth-order valence-electron chi connectivity index (χ4n) is 27.6. The zero-order valence-electron chi connectivity index (χ0n) is 90.2. The lowest BCUT2D eigenvalue weighted by Gasteiger charge is -2.35. The van der Waals surface area contributed by atoms with Crippen molar-refractivity contribution in [2.75, 3.05) is 0 Å². The van der Waals surface area contributed by atoms with Gasteiger partial charge in [-0.1, -0.05) is 431 Å². The number of hydrogen-bond acceptors (Lipinski definition) is 8. The second-order valence-electron chi connectivity index (χ2n) is 44.2. The SMILES string of the molecule is CCCCCCC1(CCCCCC)c2ccccc2-c2cccc(C3=C4C=CC(=N4)C(Br)=C4C=CC(=N4)C(c4cccc5c4C(CCCCCC)(CCCCCC)c4ccccc4-5)=C4C=CC(=N4)C(Br)=C4C=CC3=N4)c21.CCCCCCC1(CCCCCC)c2ccccc2-c2cccc(C3=C4C=CC(=N4)C=C4C=CC(=N4)C(c4cccc5c4C(CCCCCC)(CCCCCC)c4ccccc4-5)=C4C=CC(=N4)C=C4C=CC3=N4)c21. The summed E-state index contributed by atoms with van der Waals surface area (Å²) in [6, 6.07) is 65.3. The Morgan fingerprint density at radius 1 is 0.180 bits per heavy atom. The predicted molar refractivity (Wildman–Crippen MR) is 649 cm³/mol. The van der Waals surface area contributed by atoms with E-state index in [0.717, 1.165) is 174 Å². The molecule has 10 heterocycles. The number of rotatable bonds is 44. The van der Waals surface area contributed by atoms with Crippen LogP contribution in [0.2, 0.25) is 0 Å². The molecule has 0 N–H and O–H groups in total. The maximum absolute atomic E-state index is 5.58. The molecule has 0 spiro atoms. The van der Waals surface area contributed by atoms with Gasteiger partial charge >= 0.3 is 0 Å². The van der Waals surface area contributed by atoms with Crippen LogP contribution in [0.5, 0.6) is 0 Å². The van der Waals surface area contributed by atoms with Crippen molar-refractivity contribution in [3.05, 3.63) is 401 Å². The molecule has 0 saturated carbocycles. The lowest BCUT2D eigenvalue weighted by Crippen LogP contribution is -2.27. The largest absolute Gasteiger partial charge is 0.248 e. The molecule has 10 aliphatic heterocycles. The van der Waals surface area contributed by atoms with E-state index < -0.39 is 0 Å². The lowest BCUT2D eigenvalue weighted by atomic mass is 9.68. The lowest BCUT2D eigenvalue weighted by molar-refractivity contribution is 0.400. The van der Waals surface area contributed by atoms with Gasteiger partial charge in [0.15, 0.2) is 0 Å². The van der Waals surface area contributed by atoms with Crippen LogP contribution >= 0.6 is 31.9 Å². The molecule has 8 aromatic rings. The van der Waals surface area contributed by atoms with E-state index in [-0.39, 0.29) is 21.7 Å². The van der Waals surface area contributed by atoms with E-state index in [2.05, 4.69) is 366 Å². The summed E-state index contributed by atoms with van der Waals surface area (Å²) in [7, 11) is 0. The van der Waals surface area contributed by atoms with Crippen LogP contribution in [0.25, 0.3) is 66.8 Å². The Balaban J connectivity index is 0.000000175. The molecule has 0 fully saturated rings. The molecule has 764 valence electrons. The highest BCUT2D eigenvalue weighted by atomic mass is 79.9. The minimum absolute atomic E-state index is 0.0970. The third-order valence-corrected chi connectivity index (χ3v) is 36.2. The second kappa shape index (κ2) is 47.0. The number of nitrogens with zero attached hydrogens (tertiary/aromatic N) is 8. The molecule has 0 radical (unpaired) electrons. The number of unbranched alkanes of at least 4 members (excludes halogenated alkanes) is 24. The zero-order chi connectivity index (χ0) is 103. The Hall–Kier alpha value is -12.1. The van der Waals surface area contributed by atoms with Gasteiger partial charge in [0.05, 0.1) is 100 Å². The topological polar surface area (TPSA) is 98.9 Å². The number of fused-ring (bicyclic) bond motifs is 20. The number of aliphatic imine (C=N–C) groups is 8. The monoisotopic (exact) mass is 2100 g/mol. The number of benzene rings is 8. The number of allylic oxidation sites excluding steroid dienone is 24. The first-order valence-corrected chi connectivity index (χ1v) is 59.8. The summed E-state index contributed by atoms with van der Waals surface area (Å²) in [6.45, 7) is 18.6. The molecular weight excluding hydrogens is 1950 g/mol. The van der Waals surface area contributed by atoms with Crippen LogP contribution in [0, 0.1) is 0 Å². The molecule has 10 heteroatoms. The minimum atomic E-state index is -0.124. The van der Waals surface area contributed by atoms with E-state index in [1.54, 1.807) is 0 Å². The summed E-state index contributed by atoms with van der Waals surface area (Å²) in [4.78, 5) is 44.4. The third kappa shape index (κ3) is 20.0. The van der Waals surface area contributed by atoms with Crippen LogP contribution in [0.1, 0.15) is 379 Å². The average Bonchev–Trinajstić information content (AvgIpc) is 1.56. The fraction of sp³-hybridized carbons (Fsp3) is 0.371. The van der Waals surface area contributed by atoms with Crippen molar-refractivity contribution in [3.8, 4) is 44.5 Å². The number of hydrogen-bond donors (Lipinski definition) is 0. The Morgan fingerprint density at radius 3 is 0.653 bits per heavy atom. The Kier molecular flexibility index (Phi) is 32.5. The molecule has 4 aliphatic carbocycles. The zero-order valence-corrected chi connectivity index (χ0v) is 93.3. The van der Waals surface area contributed by atoms with Crippen molar-refractivity contribution in [2.45, 2.75) is 334 Å². The van der Waals surface area contributed by atoms with Crippen LogP contribution in [-0.4, -0.2) is 45.7 Å². The average molecular weight is 2100 g/mol. The normalized spacial score (nSPS) is 17.9. The summed E-state index contributed by atoms with van der Waals surface area (Å²) >= 11 is 8.26. The Bertz CT molecular complexity index is 6940. The summed E-state index contributed by atoms with van der Waals surface area (Å²) in [5.74, 6) is 0. The maximum Gasteiger partial charge on any atom is 0.0801 e. The van der Waals surface area contributed by atoms with Gasteiger partial charge < -0.3 is 0 Å². The van der Waals surface area contributed by atoms with Gasteiger partial charge in [0, 0.05) is 44.0 Å². The van der Waals surface area contributed by atoms with Gasteiger partial charge in [-0.2, -0.15) is 0 Å². The van der Waals surface area contributed by atoms with Crippen molar-refractivity contribution in [3.63, 3.8) is 0 Å². The molecular formula is C140H150Br2N8. The molecule has 150 heavy (non-hydrogen) atoms. The Morgan fingerprint density at radius 2 is 0.387 bits per heavy atom. The van der Waals surface area contributed by atoms with Crippen molar-refractivity contribution >= 4 is 99.8 Å². The minimum Gasteiger partial charge on any atom is -0.248 e. The van der Waals surface area contributed by atoms with Gasteiger partial charge in [-0.15, -0.1) is 0 Å². The predicted octanol–water partition coefficient (Wildman–Crippen LogP) is 39.5. The van der Waals surface area contributed by atoms with Crippen molar-refractivity contribution in [1.82, 2.24) is 0 Å². The van der Waals surface area contributed by atoms with E-state index in [0.29, 0.717) is 0 Å². The molecule has 0 atom stereocenters. The van der Waals surface area contributed by atoms with Crippen molar-refractivity contribution in [1.29, 1.82) is 0 Å². The summed E-state index contributed by atoms with van der Waals surface area (Å²) in [5, 5.41) is 0. The van der Waals surface area contributed by atoms with Crippen molar-refractivity contribution in [2.24, 2.45) is 39.9 Å². The molecule has 8 nitrogen and oxygen atoms in total. The standard InChI is InChI=1S/C70H74Br2N4.C70H76N4/c1-5-9-13-21-43-69(44-22-14-10-6-2)53-33-19-17-27-47(53)49-29-25-31-51(65(49)69)63-55-35-39-59(73-55)67(71)61-41-37-57(75-61)64(58-38-42-62(76-58)68(72)60-40-36-56(63)74-60)52-32-26-30-50-48-28-18-20-34-54(48)70(66(50)52,45-23-15-11-7-3)46-24-16-12-8-4;1-5-9-13-21-43-69(44-22-14-10-6-2)59-33-19-17-27-53(59)55-29-25-31-57(67(55)69)65-61-39-35-49(71-61)47-51-37-41-63(73-51)66(64-42-38-52(74-64)48-50-36-40-62(65)72-50)58-32-26-30-56-54-28-18-20-34-60(54)70(68(56)58,45-23-15-11-7-3)46-24-16-12-8-4/h17-20,25-42H,5-16,21-24,43-46H2,1-4H3;17-20,25-42,47-48H,5-16,21-24,43-46H2,1-4H3. The summed E-state index contributed by atoms with van der Waals surface area (Å²) in [5.41, 5.74) is 46.1. The van der Waals surface area contributed by atoms with Gasteiger partial charge in [-0.25, -0.2) is 39.9 Å².